The van der Waals surface area contributed by atoms with Crippen LogP contribution in [0.2, 0.25) is 0 Å². The topological polar surface area (TPSA) is 3.24 Å². The Morgan fingerprint density at radius 2 is 2.00 bits per heavy atom. The fraction of sp³-hybridized carbons (Fsp3) is 0.556. The van der Waals surface area contributed by atoms with Crippen LogP contribution in [0.25, 0.3) is 0 Å². The normalized spacial score (nSPS) is 12.6. The van der Waals surface area contributed by atoms with Crippen molar-refractivity contribution in [1.29, 1.82) is 0 Å². The maximum absolute atomic E-state index is 2.21. The number of allylic oxidation sites excluding steroid dienone is 3. The van der Waals surface area contributed by atoms with Crippen molar-refractivity contribution in [3.05, 3.63) is 23.9 Å². The van der Waals surface area contributed by atoms with E-state index in [0.29, 0.717) is 0 Å². The Balaban J connectivity index is 4.11. The Morgan fingerprint density at radius 3 is 2.30 bits per heavy atom. The molecule has 1 nitrogen and oxygen atoms in total. The summed E-state index contributed by atoms with van der Waals surface area (Å²) in [5, 5.41) is 0. The summed E-state index contributed by atoms with van der Waals surface area (Å²) < 4.78 is 0. The number of likely N-dealkylation sites (N-methyl/N-ethyl adjacent to an activating group) is 1. The third kappa shape index (κ3) is 3.33. The fourth-order valence-electron chi connectivity index (χ4n) is 0.780. The molecule has 0 N–H and O–H groups in total. The van der Waals surface area contributed by atoms with Crippen molar-refractivity contribution < 1.29 is 0 Å². The second kappa shape index (κ2) is 5.10. The molecule has 0 aromatic heterocycles. The molecule has 10 heavy (non-hydrogen) atoms. The van der Waals surface area contributed by atoms with Crippen molar-refractivity contribution in [2.24, 2.45) is 0 Å². The minimum Gasteiger partial charge on any atom is -0.378 e. The number of rotatable bonds is 3. The molecule has 0 aliphatic rings. The first-order valence-corrected chi connectivity index (χ1v) is 3.72. The summed E-state index contributed by atoms with van der Waals surface area (Å²) in [6.07, 6.45) is 7.48. The molecule has 0 unspecified atom stereocenters. The van der Waals surface area contributed by atoms with Crippen molar-refractivity contribution in [2.45, 2.75) is 20.3 Å². The van der Waals surface area contributed by atoms with Gasteiger partial charge in [0.25, 0.3) is 0 Å². The fourth-order valence-corrected chi connectivity index (χ4v) is 0.780. The highest BCUT2D eigenvalue weighted by atomic mass is 15.1. The van der Waals surface area contributed by atoms with Gasteiger partial charge in [0.1, 0.15) is 0 Å². The van der Waals surface area contributed by atoms with E-state index in [9.17, 15) is 0 Å². The first kappa shape index (κ1) is 9.28. The maximum Gasteiger partial charge on any atom is 0.0317 e. The Labute approximate surface area is 64.0 Å². The van der Waals surface area contributed by atoms with Crippen LogP contribution in [0.15, 0.2) is 23.9 Å². The summed E-state index contributed by atoms with van der Waals surface area (Å²) in [5.74, 6) is 0. The Morgan fingerprint density at radius 1 is 1.40 bits per heavy atom. The Bertz CT molecular complexity index is 132. The van der Waals surface area contributed by atoms with Crippen LogP contribution in [0.1, 0.15) is 20.3 Å². The molecule has 0 fully saturated rings. The van der Waals surface area contributed by atoms with Gasteiger partial charge in [-0.2, -0.15) is 0 Å². The monoisotopic (exact) mass is 139 g/mol. The molecule has 0 aliphatic heterocycles. The largest absolute Gasteiger partial charge is 0.378 e. The lowest BCUT2D eigenvalue weighted by Gasteiger charge is -2.12. The van der Waals surface area contributed by atoms with Crippen LogP contribution in [0, 0.1) is 0 Å². The van der Waals surface area contributed by atoms with Crippen LogP contribution >= 0.6 is 0 Å². The van der Waals surface area contributed by atoms with E-state index < -0.39 is 0 Å². The molecular formula is C9H17N. The van der Waals surface area contributed by atoms with Crippen LogP contribution in [-0.4, -0.2) is 19.0 Å². The number of hydrogen-bond acceptors (Lipinski definition) is 1. The quantitative estimate of drug-likeness (QED) is 0.543. The molecule has 0 aromatic carbocycles. The van der Waals surface area contributed by atoms with Gasteiger partial charge < -0.3 is 4.90 Å². The highest BCUT2D eigenvalue weighted by molar-refractivity contribution is 5.15. The zero-order valence-electron chi connectivity index (χ0n) is 7.39. The van der Waals surface area contributed by atoms with Gasteiger partial charge in [0.15, 0.2) is 0 Å². The first-order chi connectivity index (χ1) is 4.72. The van der Waals surface area contributed by atoms with Gasteiger partial charge in [-0.15, -0.1) is 0 Å². The van der Waals surface area contributed by atoms with Gasteiger partial charge in [-0.05, 0) is 19.4 Å². The third-order valence-corrected chi connectivity index (χ3v) is 1.27. The van der Waals surface area contributed by atoms with Crippen LogP contribution in [0.3, 0.4) is 0 Å². The summed E-state index contributed by atoms with van der Waals surface area (Å²) in [6.45, 7) is 4.18. The Hall–Kier alpha value is -0.720. The zero-order valence-corrected chi connectivity index (χ0v) is 7.39. The highest BCUT2D eigenvalue weighted by Crippen LogP contribution is 2.01. The average molecular weight is 139 g/mol. The summed E-state index contributed by atoms with van der Waals surface area (Å²) in [5.41, 5.74) is 1.28. The van der Waals surface area contributed by atoms with E-state index in [4.69, 9.17) is 0 Å². The van der Waals surface area contributed by atoms with E-state index in [-0.39, 0.29) is 0 Å². The van der Waals surface area contributed by atoms with E-state index in [0.717, 1.165) is 6.42 Å². The van der Waals surface area contributed by atoms with E-state index >= 15 is 0 Å². The predicted octanol–water partition coefficient (Wildman–Crippen LogP) is 2.42. The molecule has 0 amide bonds. The molecular weight excluding hydrogens is 122 g/mol. The number of hydrogen-bond donors (Lipinski definition) is 0. The molecule has 1 heteroatoms. The first-order valence-electron chi connectivity index (χ1n) is 3.72. The van der Waals surface area contributed by atoms with Crippen molar-refractivity contribution in [1.82, 2.24) is 4.90 Å². The van der Waals surface area contributed by atoms with E-state index in [1.54, 1.807) is 0 Å². The second-order valence-electron chi connectivity index (χ2n) is 2.43. The highest BCUT2D eigenvalue weighted by Gasteiger charge is 1.90. The molecule has 0 heterocycles. The van der Waals surface area contributed by atoms with Gasteiger partial charge in [0.2, 0.25) is 0 Å². The summed E-state index contributed by atoms with van der Waals surface area (Å²) in [7, 11) is 4.11. The van der Waals surface area contributed by atoms with Crippen molar-refractivity contribution in [3.63, 3.8) is 0 Å². The van der Waals surface area contributed by atoms with Gasteiger partial charge in [-0.1, -0.05) is 19.1 Å². The van der Waals surface area contributed by atoms with Crippen LogP contribution < -0.4 is 0 Å². The van der Waals surface area contributed by atoms with Crippen LogP contribution in [0.5, 0.6) is 0 Å². The molecule has 58 valence electrons. The van der Waals surface area contributed by atoms with E-state index in [1.807, 2.05) is 6.92 Å². The lowest BCUT2D eigenvalue weighted by Crippen LogP contribution is -2.08. The van der Waals surface area contributed by atoms with Crippen molar-refractivity contribution in [2.75, 3.05) is 14.1 Å². The van der Waals surface area contributed by atoms with Crippen LogP contribution in [-0.2, 0) is 0 Å². The molecule has 0 bridgehead atoms. The van der Waals surface area contributed by atoms with Crippen molar-refractivity contribution in [3.8, 4) is 0 Å². The van der Waals surface area contributed by atoms with Crippen molar-refractivity contribution >= 4 is 0 Å². The molecule has 0 atom stereocenters. The van der Waals surface area contributed by atoms with Gasteiger partial charge in [-0.25, -0.2) is 0 Å². The molecule has 0 rings (SSSR count). The van der Waals surface area contributed by atoms with Gasteiger partial charge in [0.05, 0.1) is 0 Å². The second-order valence-corrected chi connectivity index (χ2v) is 2.43. The number of nitrogens with zero attached hydrogens (tertiary/aromatic N) is 1. The predicted molar refractivity (Wildman–Crippen MR) is 46.9 cm³/mol. The molecule has 0 aliphatic carbocycles. The SMILES string of the molecule is C/C=C/C(=C/CC)N(C)C. The smallest absolute Gasteiger partial charge is 0.0317 e. The molecule has 0 spiro atoms. The Kier molecular flexibility index (Phi) is 4.73. The standard InChI is InChI=1S/C9H17N/c1-5-7-9(8-6-2)10(3)4/h5,7-8H,6H2,1-4H3/b7-5+,9-8-. The summed E-state index contributed by atoms with van der Waals surface area (Å²) >= 11 is 0. The minimum absolute atomic E-state index is 1.10. The van der Waals surface area contributed by atoms with Gasteiger partial charge >= 0.3 is 0 Å². The third-order valence-electron chi connectivity index (χ3n) is 1.27. The molecule has 0 radical (unpaired) electrons. The lowest BCUT2D eigenvalue weighted by molar-refractivity contribution is 0.527. The zero-order chi connectivity index (χ0) is 7.98. The maximum atomic E-state index is 2.21. The van der Waals surface area contributed by atoms with E-state index in [2.05, 4.69) is 44.1 Å². The molecule has 0 aromatic rings. The van der Waals surface area contributed by atoms with E-state index in [1.165, 1.54) is 5.70 Å². The van der Waals surface area contributed by atoms with Crippen LogP contribution in [0.4, 0.5) is 0 Å². The lowest BCUT2D eigenvalue weighted by atomic mass is 10.3. The summed E-state index contributed by atoms with van der Waals surface area (Å²) in [4.78, 5) is 2.11. The minimum atomic E-state index is 1.10. The average Bonchev–Trinajstić information content (AvgIpc) is 1.87. The molecule has 0 saturated carbocycles. The summed E-state index contributed by atoms with van der Waals surface area (Å²) in [6, 6.07) is 0. The molecule has 0 saturated heterocycles. The van der Waals surface area contributed by atoms with Gasteiger partial charge in [0, 0.05) is 19.8 Å². The van der Waals surface area contributed by atoms with Gasteiger partial charge in [-0.3, -0.25) is 0 Å².